The molecule has 0 saturated carbocycles. The van der Waals surface area contributed by atoms with E-state index in [4.69, 9.17) is 9.47 Å². The summed E-state index contributed by atoms with van der Waals surface area (Å²) < 4.78 is 10.7. The summed E-state index contributed by atoms with van der Waals surface area (Å²) >= 11 is 0. The van der Waals surface area contributed by atoms with Gasteiger partial charge in [0.25, 0.3) is 5.91 Å². The largest absolute Gasteiger partial charge is 0.493 e. The molecule has 0 heterocycles. The van der Waals surface area contributed by atoms with Gasteiger partial charge in [0.1, 0.15) is 0 Å². The molecule has 0 aromatic heterocycles. The van der Waals surface area contributed by atoms with E-state index in [1.54, 1.807) is 14.2 Å². The minimum atomic E-state index is 0.0650. The van der Waals surface area contributed by atoms with Crippen LogP contribution in [-0.2, 0) is 13.0 Å². The number of benzene rings is 2. The fourth-order valence-corrected chi connectivity index (χ4v) is 3.32. The number of hydrogen-bond donors (Lipinski definition) is 2. The number of ether oxygens (including phenoxy) is 2. The van der Waals surface area contributed by atoms with Gasteiger partial charge < -0.3 is 25.0 Å². The Hall–Kier alpha value is -3.22. The molecule has 2 aromatic rings. The van der Waals surface area contributed by atoms with Gasteiger partial charge in [0.15, 0.2) is 17.5 Å². The number of carbonyl (C=O) groups is 1. The van der Waals surface area contributed by atoms with Crippen molar-refractivity contribution in [1.82, 2.24) is 15.5 Å². The quantitative estimate of drug-likeness (QED) is 0.413. The number of hydrogen-bond acceptors (Lipinski definition) is 4. The number of methoxy groups -OCH3 is 2. The van der Waals surface area contributed by atoms with E-state index in [0.29, 0.717) is 25.2 Å². The monoisotopic (exact) mass is 440 g/mol. The topological polar surface area (TPSA) is 75.2 Å². The average molecular weight is 441 g/mol. The first kappa shape index (κ1) is 25.0. The summed E-state index contributed by atoms with van der Waals surface area (Å²) in [6.07, 6.45) is 0.826. The molecule has 32 heavy (non-hydrogen) atoms. The van der Waals surface area contributed by atoms with E-state index >= 15 is 0 Å². The molecule has 0 aliphatic rings. The predicted molar refractivity (Wildman–Crippen MR) is 130 cm³/mol. The Morgan fingerprint density at radius 1 is 0.906 bits per heavy atom. The molecule has 0 radical (unpaired) electrons. The Balaban J connectivity index is 1.94. The van der Waals surface area contributed by atoms with Gasteiger partial charge in [0.2, 0.25) is 0 Å². The van der Waals surface area contributed by atoms with Crippen molar-refractivity contribution in [2.75, 3.05) is 40.4 Å². The zero-order chi connectivity index (χ0) is 23.3. The van der Waals surface area contributed by atoms with E-state index < -0.39 is 0 Å². The Morgan fingerprint density at radius 3 is 2.16 bits per heavy atom. The molecule has 0 spiro atoms. The summed E-state index contributed by atoms with van der Waals surface area (Å²) in [6.45, 7) is 9.49. The van der Waals surface area contributed by atoms with Gasteiger partial charge in [-0.15, -0.1) is 0 Å². The lowest BCUT2D eigenvalue weighted by molar-refractivity contribution is 0.0773. The molecule has 0 atom stereocenters. The van der Waals surface area contributed by atoms with Crippen molar-refractivity contribution in [2.45, 2.75) is 33.7 Å². The third kappa shape index (κ3) is 7.18. The van der Waals surface area contributed by atoms with Gasteiger partial charge in [-0.3, -0.25) is 4.79 Å². The maximum absolute atomic E-state index is 12.4. The number of aliphatic imine (C=N–C) groups is 1. The van der Waals surface area contributed by atoms with Crippen molar-refractivity contribution in [2.24, 2.45) is 4.99 Å². The van der Waals surface area contributed by atoms with Crippen LogP contribution in [0.5, 0.6) is 11.5 Å². The van der Waals surface area contributed by atoms with Crippen molar-refractivity contribution in [3.8, 4) is 11.5 Å². The number of guanidine groups is 1. The second-order valence-electron chi connectivity index (χ2n) is 7.24. The van der Waals surface area contributed by atoms with Gasteiger partial charge >= 0.3 is 0 Å². The Morgan fingerprint density at radius 2 is 1.56 bits per heavy atom. The molecular formula is C25H36N4O3. The van der Waals surface area contributed by atoms with Gasteiger partial charge in [0, 0.05) is 31.7 Å². The first-order valence-corrected chi connectivity index (χ1v) is 11.2. The molecule has 2 N–H and O–H groups in total. The molecule has 7 heteroatoms. The van der Waals surface area contributed by atoms with Crippen LogP contribution in [0, 0.1) is 0 Å². The Bertz CT molecular complexity index is 877. The van der Waals surface area contributed by atoms with E-state index in [-0.39, 0.29) is 5.91 Å². The highest BCUT2D eigenvalue weighted by atomic mass is 16.5. The van der Waals surface area contributed by atoms with Crippen molar-refractivity contribution in [3.05, 3.63) is 59.2 Å². The third-order valence-electron chi connectivity index (χ3n) is 5.17. The first-order valence-electron chi connectivity index (χ1n) is 11.2. The lowest BCUT2D eigenvalue weighted by atomic mass is 10.1. The normalized spacial score (nSPS) is 11.1. The van der Waals surface area contributed by atoms with E-state index in [2.05, 4.69) is 15.6 Å². The third-order valence-corrected chi connectivity index (χ3v) is 5.17. The van der Waals surface area contributed by atoms with Crippen LogP contribution in [0.3, 0.4) is 0 Å². The maximum atomic E-state index is 12.4. The number of nitrogens with one attached hydrogen (secondary N) is 2. The van der Waals surface area contributed by atoms with Crippen LogP contribution in [0.15, 0.2) is 47.5 Å². The Labute approximate surface area is 191 Å². The van der Waals surface area contributed by atoms with Gasteiger partial charge in [-0.05, 0) is 62.6 Å². The van der Waals surface area contributed by atoms with Crippen LogP contribution in [0.2, 0.25) is 0 Å². The van der Waals surface area contributed by atoms with E-state index in [0.717, 1.165) is 48.1 Å². The fourth-order valence-electron chi connectivity index (χ4n) is 3.32. The molecule has 7 nitrogen and oxygen atoms in total. The summed E-state index contributed by atoms with van der Waals surface area (Å²) in [6, 6.07) is 13.6. The number of rotatable bonds is 11. The van der Waals surface area contributed by atoms with Crippen molar-refractivity contribution in [3.63, 3.8) is 0 Å². The lowest BCUT2D eigenvalue weighted by Crippen LogP contribution is -2.38. The van der Waals surface area contributed by atoms with Gasteiger partial charge in [-0.25, -0.2) is 4.99 Å². The van der Waals surface area contributed by atoms with E-state index in [9.17, 15) is 4.79 Å². The van der Waals surface area contributed by atoms with Crippen molar-refractivity contribution >= 4 is 11.9 Å². The highest BCUT2D eigenvalue weighted by molar-refractivity contribution is 5.94. The molecule has 0 fully saturated rings. The molecule has 0 aliphatic carbocycles. The predicted octanol–water partition coefficient (Wildman–Crippen LogP) is 3.48. The van der Waals surface area contributed by atoms with Crippen molar-refractivity contribution in [1.29, 1.82) is 0 Å². The molecule has 2 rings (SSSR count). The second kappa shape index (κ2) is 13.2. The average Bonchev–Trinajstić information content (AvgIpc) is 2.83. The van der Waals surface area contributed by atoms with Gasteiger partial charge in [-0.1, -0.05) is 18.2 Å². The summed E-state index contributed by atoms with van der Waals surface area (Å²) in [4.78, 5) is 18.9. The summed E-state index contributed by atoms with van der Waals surface area (Å²) in [7, 11) is 3.27. The van der Waals surface area contributed by atoms with E-state index in [1.807, 2.05) is 68.1 Å². The maximum Gasteiger partial charge on any atom is 0.253 e. The fraction of sp³-hybridized carbons (Fsp3) is 0.440. The second-order valence-corrected chi connectivity index (χ2v) is 7.24. The van der Waals surface area contributed by atoms with Crippen molar-refractivity contribution < 1.29 is 14.3 Å². The molecule has 0 unspecified atom stereocenters. The molecule has 0 saturated heterocycles. The highest BCUT2D eigenvalue weighted by Gasteiger charge is 2.12. The summed E-state index contributed by atoms with van der Waals surface area (Å²) in [5.41, 5.74) is 2.92. The molecule has 0 bridgehead atoms. The minimum absolute atomic E-state index is 0.0650. The van der Waals surface area contributed by atoms with Gasteiger partial charge in [0.05, 0.1) is 20.8 Å². The van der Waals surface area contributed by atoms with Crippen LogP contribution in [-0.4, -0.2) is 57.2 Å². The smallest absolute Gasteiger partial charge is 0.253 e. The van der Waals surface area contributed by atoms with Crippen LogP contribution in [0.1, 0.15) is 42.3 Å². The van der Waals surface area contributed by atoms with Gasteiger partial charge in [-0.2, -0.15) is 0 Å². The number of carbonyl (C=O) groups excluding carboxylic acids is 1. The van der Waals surface area contributed by atoms with Crippen LogP contribution < -0.4 is 20.1 Å². The summed E-state index contributed by atoms with van der Waals surface area (Å²) in [5.74, 6) is 2.28. The number of amides is 1. The summed E-state index contributed by atoms with van der Waals surface area (Å²) in [5, 5.41) is 6.64. The van der Waals surface area contributed by atoms with Crippen LogP contribution in [0.4, 0.5) is 0 Å². The minimum Gasteiger partial charge on any atom is -0.493 e. The molecule has 1 amide bonds. The first-order chi connectivity index (χ1) is 15.6. The molecule has 0 aliphatic heterocycles. The molecule has 2 aromatic carbocycles. The SMILES string of the molecule is CCNC(=NCc1ccc(C(=O)N(CC)CC)cc1)NCCc1ccc(OC)c(OC)c1. The standard InChI is InChI=1S/C25H36N4O3/c1-6-26-25(27-16-15-19-11-14-22(31-4)23(17-19)32-5)28-18-20-9-12-21(13-10-20)24(30)29(7-2)8-3/h9-14,17H,6-8,15-16,18H2,1-5H3,(H2,26,27,28). The zero-order valence-corrected chi connectivity index (χ0v) is 19.9. The lowest BCUT2D eigenvalue weighted by Gasteiger charge is -2.18. The van der Waals surface area contributed by atoms with Crippen LogP contribution in [0.25, 0.3) is 0 Å². The molecule has 174 valence electrons. The zero-order valence-electron chi connectivity index (χ0n) is 19.9. The Kier molecular flexibility index (Phi) is 10.4. The number of nitrogens with zero attached hydrogens (tertiary/aromatic N) is 2. The van der Waals surface area contributed by atoms with E-state index in [1.165, 1.54) is 0 Å². The molecular weight excluding hydrogens is 404 g/mol. The van der Waals surface area contributed by atoms with Crippen LogP contribution >= 0.6 is 0 Å². The highest BCUT2D eigenvalue weighted by Crippen LogP contribution is 2.27.